The van der Waals surface area contributed by atoms with Crippen molar-refractivity contribution in [1.82, 2.24) is 15.2 Å². The summed E-state index contributed by atoms with van der Waals surface area (Å²) in [7, 11) is 3.00. The molecule has 44 heavy (non-hydrogen) atoms. The van der Waals surface area contributed by atoms with Crippen LogP contribution >= 0.6 is 11.3 Å². The molecule has 0 aliphatic carbocycles. The molecule has 1 saturated heterocycles. The number of piperidine rings is 1. The van der Waals surface area contributed by atoms with E-state index in [1.54, 1.807) is 11.3 Å². The highest BCUT2D eigenvalue weighted by Gasteiger charge is 2.14. The SMILES string of the molecule is C=O.C=O.CC.CCc1ccc2nc(CCC(=O)NC(C/C=C/CN3CCCCC3)Cc3ccccc3)sc2c1.CN.CN. The average Bonchev–Trinajstić information content (AvgIpc) is 3.53. The number of hydrogen-bond donors (Lipinski definition) is 3. The quantitative estimate of drug-likeness (QED) is 0.231. The first kappa shape index (κ1) is 42.9. The second kappa shape index (κ2) is 29.8. The maximum absolute atomic E-state index is 12.8. The number of nitrogens with two attached hydrogens (primary N) is 2. The highest BCUT2D eigenvalue weighted by Crippen LogP contribution is 2.24. The first-order valence-corrected chi connectivity index (χ1v) is 16.3. The van der Waals surface area contributed by atoms with Gasteiger partial charge in [-0.15, -0.1) is 11.3 Å². The van der Waals surface area contributed by atoms with Crippen molar-refractivity contribution in [2.75, 3.05) is 33.7 Å². The fourth-order valence-corrected chi connectivity index (χ4v) is 5.61. The molecule has 1 aromatic heterocycles. The molecule has 0 bridgehead atoms. The number of aryl methyl sites for hydroxylation is 2. The number of thiazole rings is 1. The highest BCUT2D eigenvalue weighted by molar-refractivity contribution is 7.18. The van der Waals surface area contributed by atoms with Gasteiger partial charge in [0.1, 0.15) is 13.6 Å². The van der Waals surface area contributed by atoms with Crippen LogP contribution in [0.5, 0.6) is 0 Å². The van der Waals surface area contributed by atoms with Gasteiger partial charge in [-0.3, -0.25) is 9.69 Å². The predicted molar refractivity (Wildman–Crippen MR) is 189 cm³/mol. The average molecular weight is 628 g/mol. The van der Waals surface area contributed by atoms with E-state index in [0.29, 0.717) is 12.8 Å². The molecule has 5 N–H and O–H groups in total. The summed E-state index contributed by atoms with van der Waals surface area (Å²) in [5.41, 5.74) is 12.6. The molecule has 2 heterocycles. The Morgan fingerprint density at radius 3 is 2.20 bits per heavy atom. The van der Waals surface area contributed by atoms with Crippen molar-refractivity contribution in [3.63, 3.8) is 0 Å². The molecule has 246 valence electrons. The number of benzene rings is 2. The summed E-state index contributed by atoms with van der Waals surface area (Å²) >= 11 is 1.71. The lowest BCUT2D eigenvalue weighted by Crippen LogP contribution is -2.36. The monoisotopic (exact) mass is 627 g/mol. The van der Waals surface area contributed by atoms with E-state index >= 15 is 0 Å². The van der Waals surface area contributed by atoms with Gasteiger partial charge in [0.2, 0.25) is 5.91 Å². The van der Waals surface area contributed by atoms with Crippen molar-refractivity contribution in [1.29, 1.82) is 0 Å². The lowest BCUT2D eigenvalue weighted by Gasteiger charge is -2.25. The zero-order valence-electron chi connectivity index (χ0n) is 27.7. The van der Waals surface area contributed by atoms with Gasteiger partial charge in [0.15, 0.2) is 0 Å². The van der Waals surface area contributed by atoms with Gasteiger partial charge in [-0.25, -0.2) is 4.98 Å². The molecular weight excluding hydrogens is 570 g/mol. The zero-order valence-corrected chi connectivity index (χ0v) is 28.5. The highest BCUT2D eigenvalue weighted by atomic mass is 32.1. The van der Waals surface area contributed by atoms with Crippen LogP contribution in [0, 0.1) is 0 Å². The number of rotatable bonds is 11. The van der Waals surface area contributed by atoms with E-state index < -0.39 is 0 Å². The first-order chi connectivity index (χ1) is 21.7. The van der Waals surface area contributed by atoms with E-state index in [-0.39, 0.29) is 11.9 Å². The number of fused-ring (bicyclic) bond motifs is 1. The Kier molecular flexibility index (Phi) is 29.1. The minimum absolute atomic E-state index is 0.106. The molecule has 0 saturated carbocycles. The summed E-state index contributed by atoms with van der Waals surface area (Å²) in [4.78, 5) is 36.1. The standard InChI is InChI=1S/C29H37N3OS.C2H6.2CH5N.2CH2O/c1-2-23-14-15-26-27(22-23)34-29(31-26)17-16-28(33)30-25(21-24-11-5-3-6-12-24)13-7-10-20-32-18-8-4-9-19-32;5*1-2/h3,5-7,10-12,14-15,22,25H,2,4,8-9,13,16-21H2,1H3,(H,30,33);1-2H3;2*2H2,1H3;2*1H2/b10-7+;;;;;. The molecule has 1 fully saturated rings. The van der Waals surface area contributed by atoms with Crippen molar-refractivity contribution >= 4 is 41.0 Å². The van der Waals surface area contributed by atoms with Crippen LogP contribution < -0.4 is 16.8 Å². The van der Waals surface area contributed by atoms with E-state index in [9.17, 15) is 4.79 Å². The summed E-state index contributed by atoms with van der Waals surface area (Å²) in [6.45, 7) is 13.6. The molecule has 1 amide bonds. The second-order valence-electron chi connectivity index (χ2n) is 9.29. The third-order valence-electron chi connectivity index (χ3n) is 6.56. The van der Waals surface area contributed by atoms with Crippen molar-refractivity contribution in [3.05, 3.63) is 76.8 Å². The Morgan fingerprint density at radius 1 is 0.955 bits per heavy atom. The molecule has 1 atom stereocenters. The molecule has 0 radical (unpaired) electrons. The van der Waals surface area contributed by atoms with Crippen molar-refractivity contribution in [2.24, 2.45) is 11.5 Å². The summed E-state index contributed by atoms with van der Waals surface area (Å²) in [5.74, 6) is 0.110. The third-order valence-corrected chi connectivity index (χ3v) is 7.64. The van der Waals surface area contributed by atoms with E-state index in [0.717, 1.165) is 36.3 Å². The number of carbonyl (C=O) groups is 3. The maximum Gasteiger partial charge on any atom is 0.220 e. The smallest absolute Gasteiger partial charge is 0.220 e. The largest absolute Gasteiger partial charge is 0.353 e. The molecule has 1 unspecified atom stereocenters. The molecule has 0 spiro atoms. The van der Waals surface area contributed by atoms with Gasteiger partial charge in [-0.05, 0) is 82.5 Å². The second-order valence-corrected chi connectivity index (χ2v) is 10.4. The first-order valence-electron chi connectivity index (χ1n) is 15.5. The number of nitrogens with one attached hydrogen (secondary N) is 1. The van der Waals surface area contributed by atoms with Crippen LogP contribution in [0.2, 0.25) is 0 Å². The lowest BCUT2D eigenvalue weighted by molar-refractivity contribution is -0.121. The predicted octanol–water partition coefficient (Wildman–Crippen LogP) is 5.76. The number of nitrogens with zero attached hydrogens (tertiary/aromatic N) is 2. The lowest BCUT2D eigenvalue weighted by atomic mass is 10.0. The number of amides is 1. The van der Waals surface area contributed by atoms with E-state index in [2.05, 4.69) is 83.2 Å². The molecular formula is C35H57N5O3S. The van der Waals surface area contributed by atoms with Gasteiger partial charge < -0.3 is 26.4 Å². The number of carbonyl (C=O) groups excluding carboxylic acids is 3. The van der Waals surface area contributed by atoms with Crippen LogP contribution in [0.25, 0.3) is 10.2 Å². The van der Waals surface area contributed by atoms with Crippen LogP contribution in [0.4, 0.5) is 0 Å². The Bertz CT molecular complexity index is 1120. The van der Waals surface area contributed by atoms with Crippen molar-refractivity contribution in [2.45, 2.75) is 78.2 Å². The maximum atomic E-state index is 12.8. The molecule has 4 rings (SSSR count). The summed E-state index contributed by atoms with van der Waals surface area (Å²) in [6, 6.07) is 17.0. The summed E-state index contributed by atoms with van der Waals surface area (Å²) in [6.07, 6.45) is 12.4. The van der Waals surface area contributed by atoms with Gasteiger partial charge in [0.05, 0.1) is 15.2 Å². The minimum atomic E-state index is 0.106. The minimum Gasteiger partial charge on any atom is -0.353 e. The molecule has 1 aliphatic rings. The van der Waals surface area contributed by atoms with E-state index in [4.69, 9.17) is 14.6 Å². The van der Waals surface area contributed by atoms with Crippen LogP contribution in [-0.4, -0.2) is 69.1 Å². The van der Waals surface area contributed by atoms with Gasteiger partial charge in [0, 0.05) is 25.4 Å². The molecule has 1 aliphatic heterocycles. The normalized spacial score (nSPS) is 12.7. The van der Waals surface area contributed by atoms with Crippen molar-refractivity contribution in [3.8, 4) is 0 Å². The topological polar surface area (TPSA) is 131 Å². The van der Waals surface area contributed by atoms with Crippen LogP contribution in [0.1, 0.15) is 69.0 Å². The molecule has 8 nitrogen and oxygen atoms in total. The fourth-order valence-electron chi connectivity index (χ4n) is 4.58. The third kappa shape index (κ3) is 17.8. The summed E-state index contributed by atoms with van der Waals surface area (Å²) < 4.78 is 1.22. The van der Waals surface area contributed by atoms with Crippen LogP contribution in [0.3, 0.4) is 0 Å². The molecule has 2 aromatic carbocycles. The van der Waals surface area contributed by atoms with Gasteiger partial charge in [-0.1, -0.05) is 75.7 Å². The number of likely N-dealkylation sites (tertiary alicyclic amines) is 1. The summed E-state index contributed by atoms with van der Waals surface area (Å²) in [5, 5.41) is 4.34. The van der Waals surface area contributed by atoms with Gasteiger partial charge >= 0.3 is 0 Å². The van der Waals surface area contributed by atoms with Crippen LogP contribution in [0.15, 0.2) is 60.7 Å². The number of aromatic nitrogens is 1. The van der Waals surface area contributed by atoms with E-state index in [1.165, 1.54) is 62.3 Å². The number of hydrogen-bond acceptors (Lipinski definition) is 8. The molecule has 3 aromatic rings. The fraction of sp³-hybridized carbons (Fsp3) is 0.486. The zero-order chi connectivity index (χ0) is 33.6. The Labute approximate surface area is 270 Å². The van der Waals surface area contributed by atoms with Crippen LogP contribution in [-0.2, 0) is 33.6 Å². The Morgan fingerprint density at radius 2 is 1.59 bits per heavy atom. The Hall–Kier alpha value is -3.24. The van der Waals surface area contributed by atoms with E-state index in [1.807, 2.05) is 33.5 Å². The van der Waals surface area contributed by atoms with Gasteiger partial charge in [-0.2, -0.15) is 0 Å². The molecule has 9 heteroatoms. The van der Waals surface area contributed by atoms with Gasteiger partial charge in [0.25, 0.3) is 0 Å². The van der Waals surface area contributed by atoms with Crippen molar-refractivity contribution < 1.29 is 14.4 Å². The Balaban J connectivity index is 0.